The number of halogens is 2. The summed E-state index contributed by atoms with van der Waals surface area (Å²) in [5.41, 5.74) is 4.17. The van der Waals surface area contributed by atoms with Gasteiger partial charge in [0.15, 0.2) is 0 Å². The van der Waals surface area contributed by atoms with Gasteiger partial charge in [0.05, 0.1) is 26.3 Å². The van der Waals surface area contributed by atoms with E-state index >= 15 is 0 Å². The van der Waals surface area contributed by atoms with E-state index in [1.165, 1.54) is 12.1 Å². The lowest BCUT2D eigenvalue weighted by Gasteiger charge is -2.07. The Morgan fingerprint density at radius 3 is 2.20 bits per heavy atom. The number of nitrogens with zero attached hydrogens (tertiary/aromatic N) is 2. The van der Waals surface area contributed by atoms with Gasteiger partial charge in [-0.1, -0.05) is 29.3 Å². The number of hydrogen-bond donors (Lipinski definition) is 1. The van der Waals surface area contributed by atoms with E-state index in [0.29, 0.717) is 15.7 Å². The summed E-state index contributed by atoms with van der Waals surface area (Å²) < 4.78 is 33.1. The Bertz CT molecular complexity index is 1060. The molecule has 0 fully saturated rings. The Balaban J connectivity index is 2.09. The van der Waals surface area contributed by atoms with Crippen LogP contribution in [0.4, 0.5) is 0 Å². The number of aryl methyl sites for hydroxylation is 1. The van der Waals surface area contributed by atoms with Crippen LogP contribution in [-0.2, 0) is 10.1 Å². The molecule has 0 saturated carbocycles. The van der Waals surface area contributed by atoms with Gasteiger partial charge in [0.25, 0.3) is 10.1 Å². The fourth-order valence-electron chi connectivity index (χ4n) is 2.72. The highest BCUT2D eigenvalue weighted by molar-refractivity contribution is 7.85. The Morgan fingerprint density at radius 2 is 1.64 bits per heavy atom. The average Bonchev–Trinajstić information content (AvgIpc) is 2.84. The van der Waals surface area contributed by atoms with Crippen molar-refractivity contribution in [2.75, 3.05) is 0 Å². The standard InChI is InChI=1S/C17H14Cl2N2O3S/c1-10-17(12-3-8-15(18)16(19)9-12)11(2)21(20-10)13-4-6-14(7-5-13)25(22,23)24/h3-9H,1-2H3,(H,22,23,24). The van der Waals surface area contributed by atoms with Crippen LogP contribution in [-0.4, -0.2) is 22.8 Å². The normalized spacial score (nSPS) is 11.7. The van der Waals surface area contributed by atoms with E-state index in [2.05, 4.69) is 5.10 Å². The van der Waals surface area contributed by atoms with Crippen molar-refractivity contribution in [3.8, 4) is 16.8 Å². The minimum absolute atomic E-state index is 0.164. The summed E-state index contributed by atoms with van der Waals surface area (Å²) in [6.45, 7) is 3.79. The zero-order chi connectivity index (χ0) is 18.4. The molecule has 2 aromatic carbocycles. The molecule has 3 aromatic rings. The number of rotatable bonds is 3. The van der Waals surface area contributed by atoms with Crippen molar-refractivity contribution in [2.45, 2.75) is 18.7 Å². The van der Waals surface area contributed by atoms with E-state index in [-0.39, 0.29) is 4.90 Å². The second kappa shape index (κ2) is 6.46. The van der Waals surface area contributed by atoms with Crippen LogP contribution in [0.5, 0.6) is 0 Å². The number of hydrogen-bond acceptors (Lipinski definition) is 3. The minimum atomic E-state index is -4.22. The van der Waals surface area contributed by atoms with Crippen LogP contribution in [0.3, 0.4) is 0 Å². The SMILES string of the molecule is Cc1nn(-c2ccc(S(=O)(=O)O)cc2)c(C)c1-c1ccc(Cl)c(Cl)c1. The van der Waals surface area contributed by atoms with Crippen molar-refractivity contribution in [3.05, 3.63) is 63.9 Å². The molecule has 0 radical (unpaired) electrons. The molecule has 0 aliphatic rings. The topological polar surface area (TPSA) is 72.2 Å². The van der Waals surface area contributed by atoms with Gasteiger partial charge in [0.1, 0.15) is 0 Å². The Hall–Kier alpha value is -1.86. The molecule has 130 valence electrons. The molecule has 0 amide bonds. The summed E-state index contributed by atoms with van der Waals surface area (Å²) >= 11 is 12.1. The van der Waals surface area contributed by atoms with Crippen LogP contribution in [0.15, 0.2) is 47.4 Å². The van der Waals surface area contributed by atoms with Gasteiger partial charge in [0, 0.05) is 11.3 Å². The van der Waals surface area contributed by atoms with Crippen LogP contribution < -0.4 is 0 Å². The van der Waals surface area contributed by atoms with Gasteiger partial charge in [-0.05, 0) is 55.8 Å². The smallest absolute Gasteiger partial charge is 0.282 e. The molecule has 25 heavy (non-hydrogen) atoms. The second-order valence-corrected chi connectivity index (χ2v) is 7.79. The molecule has 8 heteroatoms. The maximum atomic E-state index is 11.2. The first-order chi connectivity index (χ1) is 11.7. The van der Waals surface area contributed by atoms with Gasteiger partial charge in [-0.25, -0.2) is 4.68 Å². The van der Waals surface area contributed by atoms with Crippen molar-refractivity contribution in [1.82, 2.24) is 9.78 Å². The molecule has 0 atom stereocenters. The van der Waals surface area contributed by atoms with Crippen LogP contribution in [0.25, 0.3) is 16.8 Å². The first-order valence-electron chi connectivity index (χ1n) is 7.28. The molecule has 0 saturated heterocycles. The molecular weight excluding hydrogens is 383 g/mol. The van der Waals surface area contributed by atoms with Gasteiger partial charge < -0.3 is 0 Å². The van der Waals surface area contributed by atoms with E-state index in [1.54, 1.807) is 28.9 Å². The van der Waals surface area contributed by atoms with Crippen molar-refractivity contribution in [1.29, 1.82) is 0 Å². The lowest BCUT2D eigenvalue weighted by Crippen LogP contribution is -2.01. The highest BCUT2D eigenvalue weighted by Gasteiger charge is 2.16. The fourth-order valence-corrected chi connectivity index (χ4v) is 3.50. The highest BCUT2D eigenvalue weighted by Crippen LogP contribution is 2.33. The summed E-state index contributed by atoms with van der Waals surface area (Å²) in [6.07, 6.45) is 0. The molecular formula is C17H14Cl2N2O3S. The minimum Gasteiger partial charge on any atom is -0.282 e. The first-order valence-corrected chi connectivity index (χ1v) is 9.47. The first kappa shape index (κ1) is 17.9. The summed E-state index contributed by atoms with van der Waals surface area (Å²) in [5, 5.41) is 5.47. The highest BCUT2D eigenvalue weighted by atomic mass is 35.5. The quantitative estimate of drug-likeness (QED) is 0.650. The van der Waals surface area contributed by atoms with Gasteiger partial charge in [-0.2, -0.15) is 13.5 Å². The summed E-state index contributed by atoms with van der Waals surface area (Å²) in [7, 11) is -4.22. The van der Waals surface area contributed by atoms with Gasteiger partial charge >= 0.3 is 0 Å². The van der Waals surface area contributed by atoms with Crippen LogP contribution in [0.1, 0.15) is 11.4 Å². The number of aromatic nitrogens is 2. The Morgan fingerprint density at radius 1 is 1.00 bits per heavy atom. The maximum Gasteiger partial charge on any atom is 0.294 e. The lowest BCUT2D eigenvalue weighted by molar-refractivity contribution is 0.483. The average molecular weight is 397 g/mol. The van der Waals surface area contributed by atoms with Gasteiger partial charge in [0.2, 0.25) is 0 Å². The summed E-state index contributed by atoms with van der Waals surface area (Å²) in [5.74, 6) is 0. The zero-order valence-corrected chi connectivity index (χ0v) is 15.7. The van der Waals surface area contributed by atoms with E-state index in [4.69, 9.17) is 27.8 Å². The van der Waals surface area contributed by atoms with Crippen LogP contribution >= 0.6 is 23.2 Å². The van der Waals surface area contributed by atoms with E-state index in [1.807, 2.05) is 19.9 Å². The number of benzene rings is 2. The van der Waals surface area contributed by atoms with E-state index in [0.717, 1.165) is 22.5 Å². The van der Waals surface area contributed by atoms with Crippen molar-refractivity contribution >= 4 is 33.3 Å². The molecule has 3 rings (SSSR count). The fraction of sp³-hybridized carbons (Fsp3) is 0.118. The third kappa shape index (κ3) is 3.43. The Labute approximate surface area is 155 Å². The monoisotopic (exact) mass is 396 g/mol. The lowest BCUT2D eigenvalue weighted by atomic mass is 10.0. The molecule has 1 N–H and O–H groups in total. The van der Waals surface area contributed by atoms with E-state index < -0.39 is 10.1 Å². The van der Waals surface area contributed by atoms with E-state index in [9.17, 15) is 8.42 Å². The van der Waals surface area contributed by atoms with Crippen LogP contribution in [0, 0.1) is 13.8 Å². The van der Waals surface area contributed by atoms with Crippen LogP contribution in [0.2, 0.25) is 10.0 Å². The molecule has 5 nitrogen and oxygen atoms in total. The van der Waals surface area contributed by atoms with Gasteiger partial charge in [-0.3, -0.25) is 4.55 Å². The third-order valence-electron chi connectivity index (χ3n) is 3.88. The summed E-state index contributed by atoms with van der Waals surface area (Å²) in [6, 6.07) is 11.2. The molecule has 0 bridgehead atoms. The molecule has 1 heterocycles. The molecule has 0 unspecified atom stereocenters. The predicted octanol–water partition coefficient (Wildman–Crippen LogP) is 4.71. The molecule has 0 spiro atoms. The van der Waals surface area contributed by atoms with Crippen molar-refractivity contribution in [3.63, 3.8) is 0 Å². The largest absolute Gasteiger partial charge is 0.294 e. The summed E-state index contributed by atoms with van der Waals surface area (Å²) in [4.78, 5) is -0.164. The zero-order valence-electron chi connectivity index (χ0n) is 13.4. The van der Waals surface area contributed by atoms with Gasteiger partial charge in [-0.15, -0.1) is 0 Å². The van der Waals surface area contributed by atoms with Crippen molar-refractivity contribution < 1.29 is 13.0 Å². The molecule has 0 aliphatic heterocycles. The molecule has 0 aliphatic carbocycles. The third-order valence-corrected chi connectivity index (χ3v) is 5.49. The second-order valence-electron chi connectivity index (χ2n) is 5.56. The Kier molecular flexibility index (Phi) is 4.64. The molecule has 1 aromatic heterocycles. The predicted molar refractivity (Wildman–Crippen MR) is 98.3 cm³/mol. The van der Waals surface area contributed by atoms with Crippen molar-refractivity contribution in [2.24, 2.45) is 0 Å². The maximum absolute atomic E-state index is 11.2.